The number of carbonyl (C=O) groups excluding carboxylic acids is 2. The van der Waals surface area contributed by atoms with Gasteiger partial charge in [0.15, 0.2) is 0 Å². The number of halogens is 2. The molecule has 0 bridgehead atoms. The molecule has 0 radical (unpaired) electrons. The second-order valence-electron chi connectivity index (χ2n) is 18.0. The number of rotatable bonds is 14. The van der Waals surface area contributed by atoms with Gasteiger partial charge in [0.2, 0.25) is 0 Å². The maximum absolute atomic E-state index is 12.5. The number of nitrogens with one attached hydrogen (secondary N) is 2. The van der Waals surface area contributed by atoms with Crippen molar-refractivity contribution in [2.24, 2.45) is 0 Å². The number of anilines is 1. The van der Waals surface area contributed by atoms with E-state index in [0.29, 0.717) is 34.3 Å². The summed E-state index contributed by atoms with van der Waals surface area (Å²) < 4.78 is 26.3. The molecule has 7 aromatic rings. The Morgan fingerprint density at radius 3 is 1.45 bits per heavy atom. The molecule has 3 heterocycles. The topological polar surface area (TPSA) is 258 Å². The number of pyridine rings is 2. The molecule has 0 fully saturated rings. The number of tetrazole rings is 1. The van der Waals surface area contributed by atoms with E-state index in [1.165, 1.54) is 32.6 Å². The molecule has 4 aromatic carbocycles. The first kappa shape index (κ1) is 62.7. The van der Waals surface area contributed by atoms with Gasteiger partial charge in [0.1, 0.15) is 17.5 Å². The van der Waals surface area contributed by atoms with Crippen LogP contribution in [-0.2, 0) is 36.5 Å². The Hall–Kier alpha value is -6.64. The molecular formula is C53H61Cl2N12NaO7. The maximum Gasteiger partial charge on any atom is 1.00 e. The van der Waals surface area contributed by atoms with Crippen LogP contribution in [0, 0.1) is 0 Å². The molecule has 4 N–H and O–H groups in total. The predicted molar refractivity (Wildman–Crippen MR) is 286 cm³/mol. The minimum absolute atomic E-state index is 0. The third-order valence-corrected chi connectivity index (χ3v) is 10.5. The SMILES string of the molecule is CC(C)(C)OC(=O)N[C@@H](Cc1ccccc1)c1ccc(-c2cc(Cl)ccc2-n2cnnn2)cn1.CC(C)(C)OC(=O)N[C@@H](Cc1ccccc1)c1ccc(-c2cc(Cl)ccc2N)cn1.COC(OC)OC.[N-]=[N+]=[N-].[Na+]. The zero-order valence-electron chi connectivity index (χ0n) is 43.6. The summed E-state index contributed by atoms with van der Waals surface area (Å²) >= 11 is 12.4. The fourth-order valence-electron chi connectivity index (χ4n) is 6.88. The van der Waals surface area contributed by atoms with Crippen molar-refractivity contribution in [2.75, 3.05) is 27.1 Å². The minimum atomic E-state index is -0.599. The molecule has 0 aliphatic heterocycles. The first-order chi connectivity index (χ1) is 35.3. The molecule has 390 valence electrons. The van der Waals surface area contributed by atoms with Crippen molar-refractivity contribution in [3.8, 4) is 27.9 Å². The largest absolute Gasteiger partial charge is 1.00 e. The fourth-order valence-corrected chi connectivity index (χ4v) is 7.22. The van der Waals surface area contributed by atoms with E-state index in [4.69, 9.17) is 49.5 Å². The Kier molecular flexibility index (Phi) is 26.1. The number of alkyl carbamates (subject to hydrolysis) is 2. The second kappa shape index (κ2) is 31.3. The third-order valence-electron chi connectivity index (χ3n) is 10.0. The molecule has 75 heavy (non-hydrogen) atoms. The van der Waals surface area contributed by atoms with E-state index in [9.17, 15) is 9.59 Å². The van der Waals surface area contributed by atoms with Crippen molar-refractivity contribution in [3.05, 3.63) is 189 Å². The Balaban J connectivity index is 0.000000333. The van der Waals surface area contributed by atoms with Crippen molar-refractivity contribution in [1.29, 1.82) is 0 Å². The van der Waals surface area contributed by atoms with Gasteiger partial charge < -0.3 is 51.1 Å². The van der Waals surface area contributed by atoms with E-state index < -0.39 is 29.9 Å². The van der Waals surface area contributed by atoms with Crippen LogP contribution in [0.4, 0.5) is 15.3 Å². The van der Waals surface area contributed by atoms with Crippen LogP contribution in [-0.4, -0.2) is 81.4 Å². The van der Waals surface area contributed by atoms with Crippen LogP contribution in [0.3, 0.4) is 0 Å². The standard InChI is InChI=1S/C25H25ClN6O2.C24H26ClN3O2.C4H10O3.N3.Na/c1-25(2,3)34-24(33)29-22(13-17-7-5-4-6-8-17)21-11-9-18(15-27-21)20-14-19(26)10-12-23(20)32-16-28-30-31-32;1-24(2,3)30-23(29)28-22(13-16-7-5-4-6-8-16)21-12-9-17(15-27-21)19-14-18(25)10-11-20(19)26;1-5-4(6-2)7-3;1-3-2;/h4-12,14-16,22H,13H2,1-3H3,(H,29,33);4-12,14-15,22H,13,26H2,1-3H3,(H,28,29);4H,1-3H3;;/q;;;-1;+1/t2*22-;;;/m00.../s1. The predicted octanol–water partition coefficient (Wildman–Crippen LogP) is 9.06. The van der Waals surface area contributed by atoms with Crippen LogP contribution in [0.15, 0.2) is 140 Å². The number of nitrogens with two attached hydrogens (primary N) is 1. The van der Waals surface area contributed by atoms with E-state index in [1.807, 2.05) is 145 Å². The normalized spacial score (nSPS) is 11.5. The van der Waals surface area contributed by atoms with E-state index in [-0.39, 0.29) is 41.6 Å². The molecule has 22 heteroatoms. The van der Waals surface area contributed by atoms with Gasteiger partial charge in [-0.25, -0.2) is 9.59 Å². The monoisotopic (exact) mass is 1070 g/mol. The summed E-state index contributed by atoms with van der Waals surface area (Å²) in [6, 6.07) is 37.6. The zero-order valence-corrected chi connectivity index (χ0v) is 47.2. The quantitative estimate of drug-likeness (QED) is 0.0230. The summed E-state index contributed by atoms with van der Waals surface area (Å²) in [5, 5.41) is 18.5. The average molecular weight is 1070 g/mol. The maximum atomic E-state index is 12.5. The Morgan fingerprint density at radius 2 is 1.08 bits per heavy atom. The summed E-state index contributed by atoms with van der Waals surface area (Å²) in [5.41, 5.74) is 26.8. The summed E-state index contributed by atoms with van der Waals surface area (Å²) in [6.45, 7) is 10.5. The number of nitrogens with zero attached hydrogens (tertiary/aromatic N) is 9. The smallest absolute Gasteiger partial charge is 0.444 e. The van der Waals surface area contributed by atoms with E-state index in [0.717, 1.165) is 44.8 Å². The summed E-state index contributed by atoms with van der Waals surface area (Å²) in [6.07, 6.45) is 5.21. The van der Waals surface area contributed by atoms with Crippen molar-refractivity contribution in [1.82, 2.24) is 40.8 Å². The molecule has 2 amide bonds. The average Bonchev–Trinajstić information content (AvgIpc) is 3.91. The Labute approximate surface area is 469 Å². The molecule has 19 nitrogen and oxygen atoms in total. The third kappa shape index (κ3) is 22.0. The van der Waals surface area contributed by atoms with Crippen LogP contribution in [0.25, 0.3) is 43.9 Å². The van der Waals surface area contributed by atoms with Crippen molar-refractivity contribution >= 4 is 41.1 Å². The second-order valence-corrected chi connectivity index (χ2v) is 18.8. The van der Waals surface area contributed by atoms with Gasteiger partial charge in [-0.2, -0.15) is 4.68 Å². The van der Waals surface area contributed by atoms with Crippen molar-refractivity contribution < 1.29 is 62.8 Å². The molecule has 0 saturated carbocycles. The molecule has 2 atom stereocenters. The summed E-state index contributed by atoms with van der Waals surface area (Å²) in [5.74, 6) is 0. The molecule has 0 aliphatic carbocycles. The van der Waals surface area contributed by atoms with E-state index in [1.54, 1.807) is 35.3 Å². The van der Waals surface area contributed by atoms with Crippen LogP contribution < -0.4 is 45.9 Å². The van der Waals surface area contributed by atoms with Crippen LogP contribution in [0.5, 0.6) is 0 Å². The van der Waals surface area contributed by atoms with Crippen LogP contribution in [0.1, 0.15) is 76.1 Å². The van der Waals surface area contributed by atoms with Gasteiger partial charge >= 0.3 is 41.7 Å². The number of methoxy groups -OCH3 is 3. The number of nitrogen functional groups attached to an aromatic ring is 1. The first-order valence-electron chi connectivity index (χ1n) is 22.9. The van der Waals surface area contributed by atoms with Gasteiger partial charge in [0.05, 0.1) is 29.2 Å². The number of hydrogen-bond donors (Lipinski definition) is 3. The zero-order chi connectivity index (χ0) is 54.3. The van der Waals surface area contributed by atoms with Crippen LogP contribution >= 0.6 is 23.2 Å². The van der Waals surface area contributed by atoms with Gasteiger partial charge in [-0.3, -0.25) is 14.9 Å². The van der Waals surface area contributed by atoms with Crippen molar-refractivity contribution in [3.63, 3.8) is 0 Å². The molecule has 0 saturated heterocycles. The minimum Gasteiger partial charge on any atom is -0.444 e. The molecule has 0 unspecified atom stereocenters. The molecular weight excluding hydrogens is 1010 g/mol. The molecule has 7 rings (SSSR count). The molecule has 0 aliphatic rings. The number of amides is 2. The summed E-state index contributed by atoms with van der Waals surface area (Å²) in [7, 11) is 4.53. The number of carbonyl (C=O) groups is 2. The number of benzene rings is 4. The van der Waals surface area contributed by atoms with Gasteiger partial charge in [-0.05, 0) is 124 Å². The summed E-state index contributed by atoms with van der Waals surface area (Å²) in [4.78, 5) is 35.7. The Morgan fingerprint density at radius 1 is 0.653 bits per heavy atom. The number of hydrogen-bond acceptors (Lipinski definition) is 13. The fraction of sp³-hybridized carbons (Fsp3) is 0.302. The van der Waals surface area contributed by atoms with Crippen LogP contribution in [0.2, 0.25) is 10.0 Å². The van der Waals surface area contributed by atoms with Gasteiger partial charge in [0.25, 0.3) is 6.48 Å². The number of ether oxygens (including phenoxy) is 5. The van der Waals surface area contributed by atoms with Gasteiger partial charge in [0, 0.05) is 71.7 Å². The van der Waals surface area contributed by atoms with Crippen molar-refractivity contribution in [2.45, 2.75) is 84.1 Å². The Bertz CT molecular complexity index is 2830. The number of aromatic nitrogens is 6. The molecule has 3 aromatic heterocycles. The first-order valence-corrected chi connectivity index (χ1v) is 23.7. The van der Waals surface area contributed by atoms with E-state index in [2.05, 4.69) is 50.3 Å². The van der Waals surface area contributed by atoms with Gasteiger partial charge in [-0.1, -0.05) is 96.0 Å². The van der Waals surface area contributed by atoms with Gasteiger partial charge in [-0.15, -0.1) is 5.10 Å². The molecule has 0 spiro atoms. The van der Waals surface area contributed by atoms with E-state index >= 15 is 0 Å².